The molecule has 162 valence electrons. The summed E-state index contributed by atoms with van der Waals surface area (Å²) in [6.07, 6.45) is 6.53. The minimum absolute atomic E-state index is 0.0150. The minimum atomic E-state index is -0.383. The minimum Gasteiger partial charge on any atom is -0.366 e. The molecule has 0 N–H and O–H groups in total. The van der Waals surface area contributed by atoms with Gasteiger partial charge in [-0.05, 0) is 56.6 Å². The predicted molar refractivity (Wildman–Crippen MR) is 114 cm³/mol. The van der Waals surface area contributed by atoms with Gasteiger partial charge >= 0.3 is 0 Å². The quantitative estimate of drug-likeness (QED) is 0.546. The molecule has 0 bridgehead atoms. The third kappa shape index (κ3) is 4.42. The number of anilines is 1. The molecule has 3 aliphatic heterocycles. The van der Waals surface area contributed by atoms with E-state index in [1.165, 1.54) is 6.07 Å². The fourth-order valence-corrected chi connectivity index (χ4v) is 4.90. The fraction of sp³-hybridized carbons (Fsp3) is 0.636. The zero-order valence-electron chi connectivity index (χ0n) is 17.4. The molecule has 1 aromatic carbocycles. The van der Waals surface area contributed by atoms with Gasteiger partial charge in [0.25, 0.3) is 11.6 Å². The van der Waals surface area contributed by atoms with Gasteiger partial charge in [0.2, 0.25) is 5.91 Å². The van der Waals surface area contributed by atoms with E-state index in [1.54, 1.807) is 17.0 Å². The van der Waals surface area contributed by atoms with Crippen LogP contribution in [0.25, 0.3) is 0 Å². The van der Waals surface area contributed by atoms with E-state index < -0.39 is 0 Å². The molecular weight excluding hydrogens is 384 g/mol. The topological polar surface area (TPSA) is 87.0 Å². The molecule has 3 heterocycles. The van der Waals surface area contributed by atoms with Gasteiger partial charge in [-0.3, -0.25) is 19.7 Å². The summed E-state index contributed by atoms with van der Waals surface area (Å²) in [6, 6.07) is 4.89. The molecule has 3 aliphatic rings. The summed E-state index contributed by atoms with van der Waals surface area (Å²) in [4.78, 5) is 42.0. The van der Waals surface area contributed by atoms with Crippen molar-refractivity contribution >= 4 is 23.2 Å². The van der Waals surface area contributed by atoms with Crippen LogP contribution >= 0.6 is 0 Å². The van der Waals surface area contributed by atoms with Crippen molar-refractivity contribution in [2.24, 2.45) is 5.92 Å². The standard InChI is InChI=1S/C22H30N4O4/c27-21-5-1-2-12-25(21)16-17-8-13-24(14-9-17)22(28)18-6-7-19(20(15-18)26(29)30)23-10-3-4-11-23/h6-7,15,17H,1-5,8-14,16H2. The van der Waals surface area contributed by atoms with Crippen LogP contribution in [0.2, 0.25) is 0 Å². The first-order valence-electron chi connectivity index (χ1n) is 11.1. The van der Waals surface area contributed by atoms with E-state index in [0.717, 1.165) is 64.7 Å². The molecule has 4 rings (SSSR count). The van der Waals surface area contributed by atoms with Gasteiger partial charge in [0.15, 0.2) is 0 Å². The van der Waals surface area contributed by atoms with Crippen LogP contribution in [0.15, 0.2) is 18.2 Å². The normalized spacial score (nSPS) is 20.7. The van der Waals surface area contributed by atoms with Gasteiger partial charge < -0.3 is 14.7 Å². The van der Waals surface area contributed by atoms with Crippen molar-refractivity contribution in [1.82, 2.24) is 9.80 Å². The number of carbonyl (C=O) groups is 2. The number of amides is 2. The molecule has 0 saturated carbocycles. The molecule has 0 aromatic heterocycles. The molecule has 8 nitrogen and oxygen atoms in total. The van der Waals surface area contributed by atoms with Crippen LogP contribution in [0, 0.1) is 16.0 Å². The number of piperidine rings is 2. The summed E-state index contributed by atoms with van der Waals surface area (Å²) in [5.41, 5.74) is 1.01. The lowest BCUT2D eigenvalue weighted by Crippen LogP contribution is -2.44. The Labute approximate surface area is 177 Å². The van der Waals surface area contributed by atoms with Crippen LogP contribution in [-0.2, 0) is 4.79 Å². The number of likely N-dealkylation sites (tertiary alicyclic amines) is 2. The van der Waals surface area contributed by atoms with E-state index in [4.69, 9.17) is 0 Å². The highest BCUT2D eigenvalue weighted by Crippen LogP contribution is 2.32. The second kappa shape index (κ2) is 9.02. The summed E-state index contributed by atoms with van der Waals surface area (Å²) < 4.78 is 0. The van der Waals surface area contributed by atoms with Crippen molar-refractivity contribution < 1.29 is 14.5 Å². The first kappa shape index (κ1) is 20.6. The van der Waals surface area contributed by atoms with Crippen molar-refractivity contribution in [3.05, 3.63) is 33.9 Å². The number of hydrogen-bond donors (Lipinski definition) is 0. The van der Waals surface area contributed by atoms with Gasteiger partial charge in [-0.25, -0.2) is 0 Å². The summed E-state index contributed by atoms with van der Waals surface area (Å²) in [7, 11) is 0. The summed E-state index contributed by atoms with van der Waals surface area (Å²) in [5.74, 6) is 0.534. The molecule has 0 unspecified atom stereocenters. The average Bonchev–Trinajstić information content (AvgIpc) is 3.30. The molecule has 2 amide bonds. The Bertz CT molecular complexity index is 813. The van der Waals surface area contributed by atoms with Gasteiger partial charge in [-0.1, -0.05) is 0 Å². The molecule has 3 fully saturated rings. The number of hydrogen-bond acceptors (Lipinski definition) is 5. The fourth-order valence-electron chi connectivity index (χ4n) is 4.90. The number of benzene rings is 1. The molecule has 0 aliphatic carbocycles. The van der Waals surface area contributed by atoms with Crippen LogP contribution in [0.3, 0.4) is 0 Å². The maximum Gasteiger partial charge on any atom is 0.293 e. The van der Waals surface area contributed by atoms with E-state index in [0.29, 0.717) is 36.7 Å². The Kier molecular flexibility index (Phi) is 6.20. The Hall–Kier alpha value is -2.64. The smallest absolute Gasteiger partial charge is 0.293 e. The van der Waals surface area contributed by atoms with E-state index in [1.807, 2.05) is 9.80 Å². The molecule has 30 heavy (non-hydrogen) atoms. The van der Waals surface area contributed by atoms with Crippen LogP contribution in [0.5, 0.6) is 0 Å². The summed E-state index contributed by atoms with van der Waals surface area (Å²) >= 11 is 0. The molecule has 0 atom stereocenters. The Morgan fingerprint density at radius 1 is 1.03 bits per heavy atom. The lowest BCUT2D eigenvalue weighted by Gasteiger charge is -2.36. The van der Waals surface area contributed by atoms with Crippen molar-refractivity contribution in [2.75, 3.05) is 44.2 Å². The van der Waals surface area contributed by atoms with E-state index in [-0.39, 0.29) is 22.4 Å². The molecule has 0 spiro atoms. The van der Waals surface area contributed by atoms with Crippen LogP contribution in [-0.4, -0.2) is 65.8 Å². The first-order chi connectivity index (χ1) is 14.5. The Balaban J connectivity index is 1.38. The lowest BCUT2D eigenvalue weighted by molar-refractivity contribution is -0.384. The Morgan fingerprint density at radius 2 is 1.73 bits per heavy atom. The van der Waals surface area contributed by atoms with E-state index >= 15 is 0 Å². The number of nitrogens with zero attached hydrogens (tertiary/aromatic N) is 4. The third-order valence-corrected chi connectivity index (χ3v) is 6.67. The average molecular weight is 415 g/mol. The zero-order valence-corrected chi connectivity index (χ0v) is 17.4. The molecule has 1 aromatic rings. The van der Waals surface area contributed by atoms with E-state index in [9.17, 15) is 19.7 Å². The maximum absolute atomic E-state index is 13.0. The SMILES string of the molecule is O=C1CCCCN1CC1CCN(C(=O)c2ccc(N3CCCC3)c([N+](=O)[O-])c2)CC1. The predicted octanol–water partition coefficient (Wildman–Crippen LogP) is 3.06. The number of nitro benzene ring substituents is 1. The van der Waals surface area contributed by atoms with Gasteiger partial charge in [-0.2, -0.15) is 0 Å². The maximum atomic E-state index is 13.0. The number of carbonyl (C=O) groups excluding carboxylic acids is 2. The van der Waals surface area contributed by atoms with Crippen molar-refractivity contribution in [1.29, 1.82) is 0 Å². The van der Waals surface area contributed by atoms with Crippen molar-refractivity contribution in [2.45, 2.75) is 44.9 Å². The molecule has 8 heteroatoms. The lowest BCUT2D eigenvalue weighted by atomic mass is 9.94. The summed E-state index contributed by atoms with van der Waals surface area (Å²) in [6.45, 7) is 4.55. The summed E-state index contributed by atoms with van der Waals surface area (Å²) in [5, 5.41) is 11.6. The van der Waals surface area contributed by atoms with Crippen LogP contribution < -0.4 is 4.90 Å². The Morgan fingerprint density at radius 3 is 2.40 bits per heavy atom. The highest BCUT2D eigenvalue weighted by atomic mass is 16.6. The second-order valence-electron chi connectivity index (χ2n) is 8.69. The van der Waals surface area contributed by atoms with Crippen LogP contribution in [0.4, 0.5) is 11.4 Å². The third-order valence-electron chi connectivity index (χ3n) is 6.67. The highest BCUT2D eigenvalue weighted by Gasteiger charge is 2.29. The van der Waals surface area contributed by atoms with Gasteiger partial charge in [0.1, 0.15) is 5.69 Å². The monoisotopic (exact) mass is 414 g/mol. The van der Waals surface area contributed by atoms with Crippen molar-refractivity contribution in [3.63, 3.8) is 0 Å². The van der Waals surface area contributed by atoms with Crippen LogP contribution in [0.1, 0.15) is 55.3 Å². The van der Waals surface area contributed by atoms with Gasteiger partial charge in [0.05, 0.1) is 4.92 Å². The zero-order chi connectivity index (χ0) is 21.1. The molecule has 0 radical (unpaired) electrons. The van der Waals surface area contributed by atoms with Crippen molar-refractivity contribution in [3.8, 4) is 0 Å². The number of nitro groups is 1. The van der Waals surface area contributed by atoms with Gasteiger partial charge in [0, 0.05) is 57.3 Å². The second-order valence-corrected chi connectivity index (χ2v) is 8.69. The molecule has 3 saturated heterocycles. The highest BCUT2D eigenvalue weighted by molar-refractivity contribution is 5.96. The van der Waals surface area contributed by atoms with E-state index in [2.05, 4.69) is 0 Å². The largest absolute Gasteiger partial charge is 0.366 e. The van der Waals surface area contributed by atoms with Gasteiger partial charge in [-0.15, -0.1) is 0 Å². The molecular formula is C22H30N4O4. The number of rotatable bonds is 5. The first-order valence-corrected chi connectivity index (χ1v) is 11.1.